The smallest absolute Gasteiger partial charge is 0.126 e. The van der Waals surface area contributed by atoms with Crippen LogP contribution in [0.1, 0.15) is 11.1 Å². The first-order valence-electron chi connectivity index (χ1n) is 8.04. The van der Waals surface area contributed by atoms with Gasteiger partial charge in [-0.15, -0.1) is 11.3 Å². The van der Waals surface area contributed by atoms with Crippen molar-refractivity contribution in [2.45, 2.75) is 13.5 Å². The highest BCUT2D eigenvalue weighted by atomic mass is 32.1. The van der Waals surface area contributed by atoms with Crippen molar-refractivity contribution >= 4 is 27.2 Å². The molecular formula is C21H18N2S. The van der Waals surface area contributed by atoms with E-state index in [1.807, 2.05) is 6.07 Å². The molecule has 0 amide bonds. The number of anilines is 1. The van der Waals surface area contributed by atoms with E-state index < -0.39 is 0 Å². The largest absolute Gasteiger partial charge is 0.380 e. The molecule has 1 aromatic heterocycles. The van der Waals surface area contributed by atoms with Crippen molar-refractivity contribution in [3.8, 4) is 10.6 Å². The highest BCUT2D eigenvalue weighted by Crippen LogP contribution is 2.34. The molecule has 0 fully saturated rings. The lowest BCUT2D eigenvalue weighted by atomic mass is 10.1. The fourth-order valence-electron chi connectivity index (χ4n) is 2.83. The topological polar surface area (TPSA) is 24.9 Å². The molecular weight excluding hydrogens is 312 g/mol. The first-order valence-corrected chi connectivity index (χ1v) is 8.86. The molecule has 24 heavy (non-hydrogen) atoms. The minimum atomic E-state index is 0.809. The predicted octanol–water partition coefficient (Wildman–Crippen LogP) is 5.88. The molecule has 0 unspecified atom stereocenters. The molecule has 118 valence electrons. The summed E-state index contributed by atoms with van der Waals surface area (Å²) in [7, 11) is 0. The van der Waals surface area contributed by atoms with Crippen molar-refractivity contribution in [2.75, 3.05) is 5.32 Å². The summed E-state index contributed by atoms with van der Waals surface area (Å²) in [5, 5.41) is 4.63. The molecule has 4 aromatic rings. The molecule has 3 heteroatoms. The van der Waals surface area contributed by atoms with Crippen molar-refractivity contribution in [1.29, 1.82) is 0 Å². The molecule has 0 aliphatic heterocycles. The van der Waals surface area contributed by atoms with Crippen LogP contribution in [0, 0.1) is 6.92 Å². The maximum atomic E-state index is 4.79. The molecule has 0 aliphatic carbocycles. The fourth-order valence-corrected chi connectivity index (χ4v) is 3.84. The Morgan fingerprint density at radius 2 is 1.75 bits per heavy atom. The van der Waals surface area contributed by atoms with Crippen LogP contribution in [0.3, 0.4) is 0 Å². The van der Waals surface area contributed by atoms with Crippen LogP contribution in [0.4, 0.5) is 5.69 Å². The number of hydrogen-bond donors (Lipinski definition) is 1. The third-order valence-corrected chi connectivity index (χ3v) is 5.09. The van der Waals surface area contributed by atoms with E-state index in [1.54, 1.807) is 11.3 Å². The number of nitrogens with zero attached hydrogens (tertiary/aromatic N) is 1. The number of benzene rings is 3. The Morgan fingerprint density at radius 3 is 2.62 bits per heavy atom. The van der Waals surface area contributed by atoms with Crippen molar-refractivity contribution in [1.82, 2.24) is 4.98 Å². The Morgan fingerprint density at radius 1 is 0.917 bits per heavy atom. The quantitative estimate of drug-likeness (QED) is 0.505. The number of aromatic nitrogens is 1. The van der Waals surface area contributed by atoms with Crippen LogP contribution in [0.15, 0.2) is 72.8 Å². The minimum absolute atomic E-state index is 0.809. The molecule has 0 saturated heterocycles. The Balaban J connectivity index is 1.65. The Kier molecular flexibility index (Phi) is 4.01. The van der Waals surface area contributed by atoms with Gasteiger partial charge in [0.15, 0.2) is 0 Å². The molecule has 2 nitrogen and oxygen atoms in total. The second-order valence-corrected chi connectivity index (χ2v) is 6.91. The van der Waals surface area contributed by atoms with E-state index in [2.05, 4.69) is 79.0 Å². The van der Waals surface area contributed by atoms with Gasteiger partial charge < -0.3 is 5.32 Å². The lowest BCUT2D eigenvalue weighted by Crippen LogP contribution is -2.01. The van der Waals surface area contributed by atoms with Gasteiger partial charge >= 0.3 is 0 Å². The highest BCUT2D eigenvalue weighted by Gasteiger charge is 2.10. The van der Waals surface area contributed by atoms with Gasteiger partial charge in [-0.3, -0.25) is 0 Å². The van der Waals surface area contributed by atoms with Crippen LogP contribution in [0.5, 0.6) is 0 Å². The summed E-state index contributed by atoms with van der Waals surface area (Å²) < 4.78 is 1.22. The summed E-state index contributed by atoms with van der Waals surface area (Å²) in [5.41, 5.74) is 5.92. The maximum absolute atomic E-state index is 4.79. The average Bonchev–Trinajstić information content (AvgIpc) is 3.04. The number of aryl methyl sites for hydroxylation is 1. The fraction of sp³-hybridized carbons (Fsp3) is 0.0952. The number of hydrogen-bond acceptors (Lipinski definition) is 3. The Hall–Kier alpha value is -2.65. The predicted molar refractivity (Wildman–Crippen MR) is 104 cm³/mol. The van der Waals surface area contributed by atoms with Crippen molar-refractivity contribution in [2.24, 2.45) is 0 Å². The standard InChI is InChI=1S/C21H18N2S/c1-15-7-6-8-16(13-15)14-22-18-10-3-2-9-17(18)21-23-19-11-4-5-12-20(19)24-21/h2-13,22H,14H2,1H3. The lowest BCUT2D eigenvalue weighted by Gasteiger charge is -2.11. The van der Waals surface area contributed by atoms with Crippen LogP contribution in [-0.4, -0.2) is 4.98 Å². The van der Waals surface area contributed by atoms with Gasteiger partial charge in [0, 0.05) is 17.8 Å². The molecule has 1 heterocycles. The molecule has 4 rings (SSSR count). The average molecular weight is 330 g/mol. The summed E-state index contributed by atoms with van der Waals surface area (Å²) in [4.78, 5) is 4.79. The third-order valence-electron chi connectivity index (χ3n) is 4.02. The molecule has 0 bridgehead atoms. The molecule has 3 aromatic carbocycles. The van der Waals surface area contributed by atoms with Gasteiger partial charge in [-0.2, -0.15) is 0 Å². The molecule has 0 radical (unpaired) electrons. The summed E-state index contributed by atoms with van der Waals surface area (Å²) in [6.45, 7) is 2.93. The van der Waals surface area contributed by atoms with Gasteiger partial charge in [-0.1, -0.05) is 54.1 Å². The summed E-state index contributed by atoms with van der Waals surface area (Å²) in [6.07, 6.45) is 0. The second kappa shape index (κ2) is 6.46. The van der Waals surface area contributed by atoms with E-state index in [0.717, 1.165) is 28.3 Å². The van der Waals surface area contributed by atoms with E-state index in [1.165, 1.54) is 15.8 Å². The van der Waals surface area contributed by atoms with Crippen molar-refractivity contribution < 1.29 is 0 Å². The van der Waals surface area contributed by atoms with Gasteiger partial charge in [0.25, 0.3) is 0 Å². The SMILES string of the molecule is Cc1cccc(CNc2ccccc2-c2nc3ccccc3s2)c1. The first-order chi connectivity index (χ1) is 11.8. The van der Waals surface area contributed by atoms with E-state index in [4.69, 9.17) is 4.98 Å². The Bertz CT molecular complexity index is 955. The number of rotatable bonds is 4. The zero-order valence-electron chi connectivity index (χ0n) is 13.5. The van der Waals surface area contributed by atoms with Crippen molar-refractivity contribution in [3.05, 3.63) is 83.9 Å². The van der Waals surface area contributed by atoms with Crippen LogP contribution < -0.4 is 5.32 Å². The molecule has 0 aliphatic rings. The zero-order valence-corrected chi connectivity index (χ0v) is 14.3. The molecule has 0 saturated carbocycles. The summed E-state index contributed by atoms with van der Waals surface area (Å²) in [6, 6.07) is 25.3. The van der Waals surface area contributed by atoms with E-state index in [0.29, 0.717) is 0 Å². The van der Waals surface area contributed by atoms with Crippen LogP contribution in [-0.2, 0) is 6.54 Å². The van der Waals surface area contributed by atoms with Gasteiger partial charge in [0.1, 0.15) is 5.01 Å². The highest BCUT2D eigenvalue weighted by molar-refractivity contribution is 7.21. The van der Waals surface area contributed by atoms with E-state index in [-0.39, 0.29) is 0 Å². The van der Waals surface area contributed by atoms with Crippen LogP contribution in [0.25, 0.3) is 20.8 Å². The maximum Gasteiger partial charge on any atom is 0.126 e. The second-order valence-electron chi connectivity index (χ2n) is 5.87. The summed E-state index contributed by atoms with van der Waals surface area (Å²) >= 11 is 1.74. The Labute approximate surface area is 145 Å². The summed E-state index contributed by atoms with van der Waals surface area (Å²) in [5.74, 6) is 0. The van der Waals surface area contributed by atoms with Gasteiger partial charge in [-0.05, 0) is 36.8 Å². The molecule has 0 atom stereocenters. The van der Waals surface area contributed by atoms with Crippen LogP contribution >= 0.6 is 11.3 Å². The third kappa shape index (κ3) is 3.03. The minimum Gasteiger partial charge on any atom is -0.380 e. The van der Waals surface area contributed by atoms with Crippen LogP contribution in [0.2, 0.25) is 0 Å². The number of fused-ring (bicyclic) bond motifs is 1. The molecule has 0 spiro atoms. The van der Waals surface area contributed by atoms with Gasteiger partial charge in [0.2, 0.25) is 0 Å². The number of nitrogens with one attached hydrogen (secondary N) is 1. The monoisotopic (exact) mass is 330 g/mol. The van der Waals surface area contributed by atoms with Gasteiger partial charge in [-0.25, -0.2) is 4.98 Å². The number of para-hydroxylation sites is 2. The van der Waals surface area contributed by atoms with Crippen molar-refractivity contribution in [3.63, 3.8) is 0 Å². The van der Waals surface area contributed by atoms with E-state index >= 15 is 0 Å². The normalized spacial score (nSPS) is 10.9. The lowest BCUT2D eigenvalue weighted by molar-refractivity contribution is 1.14. The first kappa shape index (κ1) is 14.9. The van der Waals surface area contributed by atoms with E-state index in [9.17, 15) is 0 Å². The number of thiazole rings is 1. The van der Waals surface area contributed by atoms with Gasteiger partial charge in [0.05, 0.1) is 10.2 Å². The molecule has 1 N–H and O–H groups in total. The zero-order chi connectivity index (χ0) is 16.4.